The Morgan fingerprint density at radius 2 is 1.83 bits per heavy atom. The number of sulfonamides is 1. The predicted molar refractivity (Wildman–Crippen MR) is 107 cm³/mol. The Kier molecular flexibility index (Phi) is 7.45. The minimum Gasteiger partial charge on any atom is -0.456 e. The van der Waals surface area contributed by atoms with Crippen LogP contribution in [0.1, 0.15) is 30.0 Å². The van der Waals surface area contributed by atoms with E-state index in [1.807, 2.05) is 0 Å². The molecular formula is C19H23ClN2O6S. The molecule has 1 N–H and O–H groups in total. The first-order valence-electron chi connectivity index (χ1n) is 8.77. The summed E-state index contributed by atoms with van der Waals surface area (Å²) < 4.78 is 35.5. The van der Waals surface area contributed by atoms with E-state index < -0.39 is 27.9 Å². The van der Waals surface area contributed by atoms with Gasteiger partial charge in [-0.3, -0.25) is 4.79 Å². The van der Waals surface area contributed by atoms with Gasteiger partial charge in [0.25, 0.3) is 15.9 Å². The van der Waals surface area contributed by atoms with Crippen LogP contribution in [0.2, 0.25) is 5.02 Å². The molecule has 1 heterocycles. The van der Waals surface area contributed by atoms with Crippen LogP contribution < -0.4 is 5.32 Å². The Bertz CT molecular complexity index is 984. The Balaban J connectivity index is 2.05. The lowest BCUT2D eigenvalue weighted by Crippen LogP contribution is -2.45. The minimum atomic E-state index is -3.72. The Morgan fingerprint density at radius 1 is 1.17 bits per heavy atom. The number of ether oxygens (including phenoxy) is 1. The van der Waals surface area contributed by atoms with Crippen LogP contribution in [0.4, 0.5) is 0 Å². The van der Waals surface area contributed by atoms with Crippen molar-refractivity contribution < 1.29 is 27.2 Å². The molecule has 1 atom stereocenters. The van der Waals surface area contributed by atoms with E-state index >= 15 is 0 Å². The quantitative estimate of drug-likeness (QED) is 0.630. The van der Waals surface area contributed by atoms with E-state index in [-0.39, 0.29) is 34.0 Å². The van der Waals surface area contributed by atoms with Crippen LogP contribution in [-0.2, 0) is 26.2 Å². The summed E-state index contributed by atoms with van der Waals surface area (Å²) in [4.78, 5) is 24.9. The number of nitrogens with zero attached hydrogens (tertiary/aromatic N) is 1. The highest BCUT2D eigenvalue weighted by Gasteiger charge is 2.27. The maximum atomic E-state index is 12.5. The zero-order valence-corrected chi connectivity index (χ0v) is 18.1. The number of benzene rings is 1. The Hall–Kier alpha value is -2.36. The third-order valence-electron chi connectivity index (χ3n) is 4.05. The summed E-state index contributed by atoms with van der Waals surface area (Å²) in [5.41, 5.74) is 0.247. The van der Waals surface area contributed by atoms with Crippen molar-refractivity contribution in [1.82, 2.24) is 9.62 Å². The molecule has 0 fully saturated rings. The molecule has 0 aliphatic rings. The first-order chi connectivity index (χ1) is 13.5. The van der Waals surface area contributed by atoms with Gasteiger partial charge < -0.3 is 14.5 Å². The molecule has 0 spiro atoms. The monoisotopic (exact) mass is 442 g/mol. The van der Waals surface area contributed by atoms with E-state index in [4.69, 9.17) is 20.8 Å². The Morgan fingerprint density at radius 3 is 2.41 bits per heavy atom. The molecule has 0 saturated heterocycles. The molecule has 158 valence electrons. The molecule has 1 aromatic heterocycles. The standard InChI is InChI=1S/C19H23ClN2O6S/c1-12(2)17(21-18(23)14-7-5-6-8-15(14)20)19(24)27-11-13-9-10-16(28-13)29(25,26)22(3)4/h5-10,12,17H,11H2,1-4H3,(H,21,23)/t17-/m0/s1. The SMILES string of the molecule is CC(C)[C@H](NC(=O)c1ccccc1Cl)C(=O)OCc1ccc(S(=O)(=O)N(C)C)o1. The average Bonchev–Trinajstić information content (AvgIpc) is 3.13. The molecule has 0 unspecified atom stereocenters. The van der Waals surface area contributed by atoms with Gasteiger partial charge in [-0.05, 0) is 30.2 Å². The molecular weight excluding hydrogens is 420 g/mol. The van der Waals surface area contributed by atoms with E-state index in [1.54, 1.807) is 38.1 Å². The van der Waals surface area contributed by atoms with Crippen molar-refractivity contribution >= 4 is 33.5 Å². The fourth-order valence-corrected chi connectivity index (χ4v) is 3.38. The normalized spacial score (nSPS) is 12.8. The summed E-state index contributed by atoms with van der Waals surface area (Å²) in [7, 11) is -0.956. The maximum Gasteiger partial charge on any atom is 0.329 e. The fourth-order valence-electron chi connectivity index (χ4n) is 2.35. The predicted octanol–water partition coefficient (Wildman–Crippen LogP) is 2.68. The topological polar surface area (TPSA) is 106 Å². The fraction of sp³-hybridized carbons (Fsp3) is 0.368. The van der Waals surface area contributed by atoms with Crippen LogP contribution in [0.5, 0.6) is 0 Å². The van der Waals surface area contributed by atoms with Gasteiger partial charge in [0, 0.05) is 14.1 Å². The average molecular weight is 443 g/mol. The van der Waals surface area contributed by atoms with Crippen LogP contribution in [0.25, 0.3) is 0 Å². The number of nitrogens with one attached hydrogen (secondary N) is 1. The number of rotatable bonds is 8. The molecule has 0 radical (unpaired) electrons. The highest BCUT2D eigenvalue weighted by Crippen LogP contribution is 2.19. The van der Waals surface area contributed by atoms with Gasteiger partial charge in [-0.25, -0.2) is 17.5 Å². The van der Waals surface area contributed by atoms with Crippen molar-refractivity contribution in [3.63, 3.8) is 0 Å². The highest BCUT2D eigenvalue weighted by molar-refractivity contribution is 7.88. The van der Waals surface area contributed by atoms with Gasteiger partial charge >= 0.3 is 5.97 Å². The summed E-state index contributed by atoms with van der Waals surface area (Å²) in [5, 5.41) is 2.64. The molecule has 10 heteroatoms. The van der Waals surface area contributed by atoms with Crippen molar-refractivity contribution in [3.05, 3.63) is 52.7 Å². The Labute approximate surface area is 174 Å². The number of hydrogen-bond acceptors (Lipinski definition) is 6. The van der Waals surface area contributed by atoms with Crippen LogP contribution >= 0.6 is 11.6 Å². The minimum absolute atomic E-state index is 0.165. The molecule has 8 nitrogen and oxygen atoms in total. The first-order valence-corrected chi connectivity index (χ1v) is 10.6. The van der Waals surface area contributed by atoms with E-state index in [1.165, 1.54) is 26.2 Å². The number of carbonyl (C=O) groups is 2. The maximum absolute atomic E-state index is 12.5. The van der Waals surface area contributed by atoms with Gasteiger partial charge in [0.15, 0.2) is 0 Å². The number of furan rings is 1. The van der Waals surface area contributed by atoms with Crippen LogP contribution in [0.3, 0.4) is 0 Å². The third-order valence-corrected chi connectivity index (χ3v) is 6.07. The summed E-state index contributed by atoms with van der Waals surface area (Å²) in [6.45, 7) is 3.24. The number of hydrogen-bond donors (Lipinski definition) is 1. The van der Waals surface area contributed by atoms with Gasteiger partial charge in [0.1, 0.15) is 18.4 Å². The zero-order chi connectivity index (χ0) is 21.8. The first kappa shape index (κ1) is 22.9. The summed E-state index contributed by atoms with van der Waals surface area (Å²) in [6, 6.07) is 8.28. The molecule has 1 amide bonds. The number of amides is 1. The van der Waals surface area contributed by atoms with Crippen LogP contribution in [-0.4, -0.2) is 44.7 Å². The van der Waals surface area contributed by atoms with Gasteiger partial charge in [-0.15, -0.1) is 0 Å². The second-order valence-corrected chi connectivity index (χ2v) is 9.28. The lowest BCUT2D eigenvalue weighted by atomic mass is 10.0. The van der Waals surface area contributed by atoms with Gasteiger partial charge in [0.2, 0.25) is 5.09 Å². The van der Waals surface area contributed by atoms with E-state index in [2.05, 4.69) is 5.32 Å². The van der Waals surface area contributed by atoms with Gasteiger partial charge in [-0.2, -0.15) is 0 Å². The third kappa shape index (κ3) is 5.59. The molecule has 29 heavy (non-hydrogen) atoms. The molecule has 2 rings (SSSR count). The van der Waals surface area contributed by atoms with E-state index in [0.29, 0.717) is 0 Å². The van der Waals surface area contributed by atoms with Crippen molar-refractivity contribution in [2.45, 2.75) is 31.6 Å². The smallest absolute Gasteiger partial charge is 0.329 e. The van der Waals surface area contributed by atoms with Crippen LogP contribution in [0.15, 0.2) is 45.9 Å². The van der Waals surface area contributed by atoms with Crippen molar-refractivity contribution in [2.24, 2.45) is 5.92 Å². The van der Waals surface area contributed by atoms with Crippen molar-refractivity contribution in [1.29, 1.82) is 0 Å². The second kappa shape index (κ2) is 9.43. The van der Waals surface area contributed by atoms with Crippen molar-refractivity contribution in [3.8, 4) is 0 Å². The van der Waals surface area contributed by atoms with E-state index in [9.17, 15) is 18.0 Å². The van der Waals surface area contributed by atoms with E-state index in [0.717, 1.165) is 4.31 Å². The van der Waals surface area contributed by atoms with Crippen molar-refractivity contribution in [2.75, 3.05) is 14.1 Å². The molecule has 0 aliphatic carbocycles. The summed E-state index contributed by atoms with van der Waals surface area (Å²) in [6.07, 6.45) is 0. The van der Waals surface area contributed by atoms with Crippen LogP contribution in [0, 0.1) is 5.92 Å². The molecule has 2 aromatic rings. The highest BCUT2D eigenvalue weighted by atomic mass is 35.5. The zero-order valence-electron chi connectivity index (χ0n) is 16.5. The summed E-state index contributed by atoms with van der Waals surface area (Å²) in [5.74, 6) is -1.26. The molecule has 0 bridgehead atoms. The lowest BCUT2D eigenvalue weighted by molar-refractivity contribution is -0.149. The van der Waals surface area contributed by atoms with Gasteiger partial charge in [0.05, 0.1) is 10.6 Å². The molecule has 1 aromatic carbocycles. The second-order valence-electron chi connectivity index (χ2n) is 6.79. The molecule has 0 saturated carbocycles. The molecule has 0 aliphatic heterocycles. The lowest BCUT2D eigenvalue weighted by Gasteiger charge is -2.21. The number of halogens is 1. The number of carbonyl (C=O) groups excluding carboxylic acids is 2. The van der Waals surface area contributed by atoms with Gasteiger partial charge in [-0.1, -0.05) is 37.6 Å². The summed E-state index contributed by atoms with van der Waals surface area (Å²) >= 11 is 6.02. The largest absolute Gasteiger partial charge is 0.456 e. The number of esters is 1.